The number of nitrogens with one attached hydrogen (secondary N) is 2. The van der Waals surface area contributed by atoms with Crippen LogP contribution in [0.25, 0.3) is 0 Å². The van der Waals surface area contributed by atoms with Gasteiger partial charge in [-0.2, -0.15) is 0 Å². The zero-order valence-corrected chi connectivity index (χ0v) is 14.7. The molecule has 0 aliphatic heterocycles. The van der Waals surface area contributed by atoms with Crippen LogP contribution in [0.3, 0.4) is 0 Å². The van der Waals surface area contributed by atoms with Gasteiger partial charge < -0.3 is 5.32 Å². The minimum Gasteiger partial charge on any atom is -0.322 e. The minimum absolute atomic E-state index is 0.242. The number of halogens is 1. The van der Waals surface area contributed by atoms with E-state index < -0.39 is 0 Å². The molecule has 0 atom stereocenters. The number of carbonyl (C=O) groups excluding carboxylic acids is 2. The molecule has 0 saturated heterocycles. The van der Waals surface area contributed by atoms with Gasteiger partial charge in [0.2, 0.25) is 0 Å². The highest BCUT2D eigenvalue weighted by Crippen LogP contribution is 2.17. The van der Waals surface area contributed by atoms with Gasteiger partial charge in [0.05, 0.1) is 0 Å². The Morgan fingerprint density at radius 3 is 2.38 bits per heavy atom. The first-order valence-electron chi connectivity index (χ1n) is 6.99. The van der Waals surface area contributed by atoms with Crippen molar-refractivity contribution in [2.45, 2.75) is 0 Å². The zero-order chi connectivity index (χ0) is 16.9. The first-order chi connectivity index (χ1) is 11.6. The summed E-state index contributed by atoms with van der Waals surface area (Å²) in [7, 11) is 0. The van der Waals surface area contributed by atoms with Gasteiger partial charge in [0.15, 0.2) is 5.13 Å². The smallest absolute Gasteiger partial charge is 0.257 e. The van der Waals surface area contributed by atoms with Crippen LogP contribution in [0.4, 0.5) is 10.8 Å². The number of carbonyl (C=O) groups is 2. The van der Waals surface area contributed by atoms with Crippen molar-refractivity contribution in [3.63, 3.8) is 0 Å². The maximum atomic E-state index is 12.3. The van der Waals surface area contributed by atoms with Gasteiger partial charge in [0, 0.05) is 32.9 Å². The number of thiazole rings is 1. The van der Waals surface area contributed by atoms with Gasteiger partial charge in [0.25, 0.3) is 11.8 Å². The van der Waals surface area contributed by atoms with Crippen molar-refractivity contribution < 1.29 is 9.59 Å². The SMILES string of the molecule is O=C(Nc1cccc(C(=O)Nc2nccs2)c1)c1cccc(Br)c1. The molecular weight excluding hydrogens is 390 g/mol. The summed E-state index contributed by atoms with van der Waals surface area (Å²) in [4.78, 5) is 28.5. The summed E-state index contributed by atoms with van der Waals surface area (Å²) in [6.45, 7) is 0. The highest BCUT2D eigenvalue weighted by molar-refractivity contribution is 9.10. The lowest BCUT2D eigenvalue weighted by Gasteiger charge is -2.08. The van der Waals surface area contributed by atoms with Crippen LogP contribution in [-0.4, -0.2) is 16.8 Å². The van der Waals surface area contributed by atoms with Crippen LogP contribution in [0, 0.1) is 0 Å². The number of rotatable bonds is 4. The van der Waals surface area contributed by atoms with E-state index in [9.17, 15) is 9.59 Å². The first-order valence-corrected chi connectivity index (χ1v) is 8.67. The Morgan fingerprint density at radius 1 is 0.958 bits per heavy atom. The predicted octanol–water partition coefficient (Wildman–Crippen LogP) is 4.41. The van der Waals surface area contributed by atoms with Gasteiger partial charge in [-0.15, -0.1) is 11.3 Å². The largest absolute Gasteiger partial charge is 0.322 e. The fraction of sp³-hybridized carbons (Fsp3) is 0. The van der Waals surface area contributed by atoms with E-state index in [2.05, 4.69) is 31.5 Å². The third kappa shape index (κ3) is 4.06. The lowest BCUT2D eigenvalue weighted by molar-refractivity contribution is 0.101. The molecule has 5 nitrogen and oxygen atoms in total. The molecule has 0 aliphatic rings. The Labute approximate surface area is 150 Å². The van der Waals surface area contributed by atoms with Crippen LogP contribution in [0.5, 0.6) is 0 Å². The summed E-state index contributed by atoms with van der Waals surface area (Å²) < 4.78 is 0.826. The molecule has 3 aromatic rings. The Hall–Kier alpha value is -2.51. The van der Waals surface area contributed by atoms with E-state index >= 15 is 0 Å². The number of benzene rings is 2. The molecule has 0 saturated carbocycles. The summed E-state index contributed by atoms with van der Waals surface area (Å²) in [5.41, 5.74) is 1.52. The normalized spacial score (nSPS) is 10.2. The first kappa shape index (κ1) is 16.4. The molecule has 0 radical (unpaired) electrons. The van der Waals surface area contributed by atoms with Gasteiger partial charge >= 0.3 is 0 Å². The predicted molar refractivity (Wildman–Crippen MR) is 98.6 cm³/mol. The van der Waals surface area contributed by atoms with E-state index in [1.807, 2.05) is 6.07 Å². The summed E-state index contributed by atoms with van der Waals surface area (Å²) >= 11 is 4.68. The monoisotopic (exact) mass is 401 g/mol. The van der Waals surface area contributed by atoms with Crippen molar-refractivity contribution >= 4 is 49.9 Å². The fourth-order valence-electron chi connectivity index (χ4n) is 2.03. The molecular formula is C17H12BrN3O2S. The van der Waals surface area contributed by atoms with Gasteiger partial charge in [-0.05, 0) is 36.4 Å². The molecule has 2 amide bonds. The van der Waals surface area contributed by atoms with E-state index in [0.29, 0.717) is 21.9 Å². The molecule has 2 N–H and O–H groups in total. The molecule has 2 aromatic carbocycles. The highest BCUT2D eigenvalue weighted by atomic mass is 79.9. The summed E-state index contributed by atoms with van der Waals surface area (Å²) in [5.74, 6) is -0.516. The van der Waals surface area contributed by atoms with Crippen molar-refractivity contribution in [3.8, 4) is 0 Å². The quantitative estimate of drug-likeness (QED) is 0.679. The lowest BCUT2D eigenvalue weighted by atomic mass is 10.1. The van der Waals surface area contributed by atoms with Crippen molar-refractivity contribution in [1.29, 1.82) is 0 Å². The standard InChI is InChI=1S/C17H12BrN3O2S/c18-13-5-1-3-11(9-13)15(22)20-14-6-2-4-12(10-14)16(23)21-17-19-7-8-24-17/h1-10H,(H,20,22)(H,19,21,23). The second-order valence-electron chi connectivity index (χ2n) is 4.84. The van der Waals surface area contributed by atoms with E-state index in [4.69, 9.17) is 0 Å². The molecule has 0 bridgehead atoms. The fourth-order valence-corrected chi connectivity index (χ4v) is 2.95. The molecule has 0 unspecified atom stereocenters. The molecule has 0 aliphatic carbocycles. The molecule has 24 heavy (non-hydrogen) atoms. The average molecular weight is 402 g/mol. The van der Waals surface area contributed by atoms with Gasteiger partial charge in [-0.25, -0.2) is 4.98 Å². The van der Waals surface area contributed by atoms with Crippen molar-refractivity contribution in [3.05, 3.63) is 75.7 Å². The zero-order valence-electron chi connectivity index (χ0n) is 12.3. The Kier molecular flexibility index (Phi) is 5.02. The maximum Gasteiger partial charge on any atom is 0.257 e. The molecule has 3 rings (SSSR count). The van der Waals surface area contributed by atoms with E-state index in [-0.39, 0.29) is 11.8 Å². The lowest BCUT2D eigenvalue weighted by Crippen LogP contribution is -2.14. The Morgan fingerprint density at radius 2 is 1.67 bits per heavy atom. The molecule has 1 heterocycles. The Balaban J connectivity index is 1.73. The molecule has 7 heteroatoms. The second kappa shape index (κ2) is 7.37. The van der Waals surface area contributed by atoms with Gasteiger partial charge in [-0.3, -0.25) is 14.9 Å². The number of anilines is 2. The Bertz CT molecular complexity index is 881. The van der Waals surface area contributed by atoms with E-state index in [1.165, 1.54) is 11.3 Å². The van der Waals surface area contributed by atoms with Gasteiger partial charge in [-0.1, -0.05) is 28.1 Å². The molecule has 0 fully saturated rings. The van der Waals surface area contributed by atoms with Crippen LogP contribution >= 0.6 is 27.3 Å². The van der Waals surface area contributed by atoms with Crippen LogP contribution in [0.15, 0.2) is 64.6 Å². The van der Waals surface area contributed by atoms with Crippen molar-refractivity contribution in [2.75, 3.05) is 10.6 Å². The van der Waals surface area contributed by atoms with E-state index in [1.54, 1.807) is 54.0 Å². The van der Waals surface area contributed by atoms with Crippen LogP contribution < -0.4 is 10.6 Å². The third-order valence-electron chi connectivity index (χ3n) is 3.12. The topological polar surface area (TPSA) is 71.1 Å². The maximum absolute atomic E-state index is 12.3. The number of hydrogen-bond donors (Lipinski definition) is 2. The average Bonchev–Trinajstić information content (AvgIpc) is 3.08. The van der Waals surface area contributed by atoms with Gasteiger partial charge in [0.1, 0.15) is 0 Å². The molecule has 0 spiro atoms. The van der Waals surface area contributed by atoms with Crippen molar-refractivity contribution in [1.82, 2.24) is 4.98 Å². The number of nitrogens with zero attached hydrogens (tertiary/aromatic N) is 1. The summed E-state index contributed by atoms with van der Waals surface area (Å²) in [6.07, 6.45) is 1.62. The van der Waals surface area contributed by atoms with Crippen LogP contribution in [-0.2, 0) is 0 Å². The van der Waals surface area contributed by atoms with Crippen LogP contribution in [0.2, 0.25) is 0 Å². The van der Waals surface area contributed by atoms with E-state index in [0.717, 1.165) is 4.47 Å². The molecule has 1 aromatic heterocycles. The highest BCUT2D eigenvalue weighted by Gasteiger charge is 2.10. The number of amides is 2. The second-order valence-corrected chi connectivity index (χ2v) is 6.65. The van der Waals surface area contributed by atoms with Crippen LogP contribution in [0.1, 0.15) is 20.7 Å². The third-order valence-corrected chi connectivity index (χ3v) is 4.30. The minimum atomic E-state index is -0.275. The van der Waals surface area contributed by atoms with Crippen molar-refractivity contribution in [2.24, 2.45) is 0 Å². The summed E-state index contributed by atoms with van der Waals surface area (Å²) in [5, 5.41) is 7.81. The molecule has 120 valence electrons. The number of aromatic nitrogens is 1. The summed E-state index contributed by atoms with van der Waals surface area (Å²) in [6, 6.07) is 13.8. The number of hydrogen-bond acceptors (Lipinski definition) is 4.